The van der Waals surface area contributed by atoms with Crippen molar-refractivity contribution < 1.29 is 28.6 Å². The molecule has 0 atom stereocenters. The fraction of sp³-hybridized carbons (Fsp3) is 0.385. The van der Waals surface area contributed by atoms with Gasteiger partial charge in [-0.05, 0) is 6.92 Å². The zero-order chi connectivity index (χ0) is 16.3. The average Bonchev–Trinajstić information content (AvgIpc) is 2.85. The summed E-state index contributed by atoms with van der Waals surface area (Å²) in [5.41, 5.74) is -0.194. The molecule has 2 heterocycles. The second kappa shape index (κ2) is 5.88. The number of hydrogen-bond acceptors (Lipinski definition) is 8. The fourth-order valence-corrected chi connectivity index (χ4v) is 1.68. The summed E-state index contributed by atoms with van der Waals surface area (Å²) in [5.74, 6) is -3.38. The van der Waals surface area contributed by atoms with Crippen LogP contribution < -0.4 is 5.32 Å². The summed E-state index contributed by atoms with van der Waals surface area (Å²) in [7, 11) is 0. The second-order valence-electron chi connectivity index (χ2n) is 4.76. The smallest absolute Gasteiger partial charge is 0.350 e. The first-order chi connectivity index (χ1) is 10.3. The Kier molecular flexibility index (Phi) is 4.15. The van der Waals surface area contributed by atoms with Gasteiger partial charge in [-0.25, -0.2) is 14.4 Å². The van der Waals surface area contributed by atoms with Crippen molar-refractivity contribution in [1.29, 1.82) is 0 Å². The molecule has 0 bridgehead atoms. The first-order valence-corrected chi connectivity index (χ1v) is 6.48. The molecule has 1 aromatic rings. The highest BCUT2D eigenvalue weighted by atomic mass is 16.7. The molecule has 1 fully saturated rings. The van der Waals surface area contributed by atoms with Crippen LogP contribution in [-0.2, 0) is 23.8 Å². The van der Waals surface area contributed by atoms with E-state index in [1.807, 2.05) is 0 Å². The lowest BCUT2D eigenvalue weighted by molar-refractivity contribution is -0.222. The Labute approximate surface area is 125 Å². The van der Waals surface area contributed by atoms with Crippen LogP contribution in [0.25, 0.3) is 0 Å². The Morgan fingerprint density at radius 3 is 2.64 bits per heavy atom. The number of anilines is 1. The number of nitrogens with one attached hydrogen (secondary N) is 2. The predicted molar refractivity (Wildman–Crippen MR) is 72.5 cm³/mol. The number of cyclic esters (lactones) is 2. The molecule has 0 spiro atoms. The van der Waals surface area contributed by atoms with Crippen LogP contribution >= 0.6 is 0 Å². The largest absolute Gasteiger partial charge is 0.462 e. The predicted octanol–water partition coefficient (Wildman–Crippen LogP) is 0.718. The normalized spacial score (nSPS) is 16.6. The minimum atomic E-state index is -1.31. The fourth-order valence-electron chi connectivity index (χ4n) is 1.68. The van der Waals surface area contributed by atoms with Gasteiger partial charge in [0.15, 0.2) is 5.57 Å². The third kappa shape index (κ3) is 3.25. The van der Waals surface area contributed by atoms with Crippen molar-refractivity contribution in [3.63, 3.8) is 0 Å². The molecule has 0 amide bonds. The van der Waals surface area contributed by atoms with E-state index in [0.29, 0.717) is 0 Å². The molecule has 0 unspecified atom stereocenters. The summed E-state index contributed by atoms with van der Waals surface area (Å²) in [6, 6.07) is 0. The molecule has 0 radical (unpaired) electrons. The molecule has 1 saturated heterocycles. The molecule has 1 aromatic heterocycles. The summed E-state index contributed by atoms with van der Waals surface area (Å²) < 4.78 is 14.7. The maximum Gasteiger partial charge on any atom is 0.350 e. The third-order valence-electron chi connectivity index (χ3n) is 2.61. The van der Waals surface area contributed by atoms with E-state index >= 15 is 0 Å². The summed E-state index contributed by atoms with van der Waals surface area (Å²) in [4.78, 5) is 35.2. The minimum absolute atomic E-state index is 0.136. The van der Waals surface area contributed by atoms with E-state index in [1.54, 1.807) is 6.92 Å². The molecule has 2 rings (SSSR count). The van der Waals surface area contributed by atoms with Gasteiger partial charge in [-0.3, -0.25) is 5.10 Å². The summed E-state index contributed by atoms with van der Waals surface area (Å²) in [6.07, 6.45) is 2.34. The number of carbonyl (C=O) groups excluding carboxylic acids is 3. The van der Waals surface area contributed by atoms with Crippen molar-refractivity contribution in [3.8, 4) is 0 Å². The third-order valence-corrected chi connectivity index (χ3v) is 2.61. The Hall–Kier alpha value is -2.84. The first-order valence-electron chi connectivity index (χ1n) is 6.48. The maximum atomic E-state index is 11.8. The van der Waals surface area contributed by atoms with Crippen molar-refractivity contribution in [2.45, 2.75) is 26.6 Å². The molecule has 9 nitrogen and oxygen atoms in total. The van der Waals surface area contributed by atoms with Crippen LogP contribution in [0.15, 0.2) is 18.0 Å². The molecule has 0 aliphatic carbocycles. The van der Waals surface area contributed by atoms with Crippen LogP contribution in [0, 0.1) is 0 Å². The molecule has 1 aliphatic rings. The Morgan fingerprint density at radius 1 is 1.41 bits per heavy atom. The van der Waals surface area contributed by atoms with Gasteiger partial charge in [-0.15, -0.1) is 0 Å². The Morgan fingerprint density at radius 2 is 2.05 bits per heavy atom. The summed E-state index contributed by atoms with van der Waals surface area (Å²) in [6.45, 7) is 4.77. The standard InChI is InChI=1S/C13H15N3O6/c1-4-20-10(17)7-6-15-16-9(7)14-5-8-11(18)21-13(2,3)22-12(8)19/h5-6H,4H2,1-3H3,(H2,14,15,16). The quantitative estimate of drug-likeness (QED) is 0.474. The molecule has 2 N–H and O–H groups in total. The van der Waals surface area contributed by atoms with Crippen molar-refractivity contribution in [1.82, 2.24) is 10.2 Å². The van der Waals surface area contributed by atoms with Crippen LogP contribution in [-0.4, -0.2) is 40.5 Å². The number of nitrogens with zero attached hydrogens (tertiary/aromatic N) is 1. The zero-order valence-electron chi connectivity index (χ0n) is 12.3. The zero-order valence-corrected chi connectivity index (χ0v) is 12.3. The highest BCUT2D eigenvalue weighted by Gasteiger charge is 2.39. The molecule has 118 valence electrons. The van der Waals surface area contributed by atoms with E-state index in [1.165, 1.54) is 20.0 Å². The lowest BCUT2D eigenvalue weighted by atomic mass is 10.2. The van der Waals surface area contributed by atoms with Crippen LogP contribution in [0.2, 0.25) is 0 Å². The number of carbonyl (C=O) groups is 3. The van der Waals surface area contributed by atoms with Crippen LogP contribution in [0.1, 0.15) is 31.1 Å². The van der Waals surface area contributed by atoms with Gasteiger partial charge in [0, 0.05) is 20.0 Å². The minimum Gasteiger partial charge on any atom is -0.462 e. The molecule has 22 heavy (non-hydrogen) atoms. The number of esters is 3. The maximum absolute atomic E-state index is 11.8. The number of aromatic nitrogens is 2. The summed E-state index contributed by atoms with van der Waals surface area (Å²) in [5, 5.41) is 8.83. The van der Waals surface area contributed by atoms with Crippen LogP contribution in [0.3, 0.4) is 0 Å². The number of ether oxygens (including phenoxy) is 3. The molecule has 0 saturated carbocycles. The van der Waals surface area contributed by atoms with Gasteiger partial charge in [0.05, 0.1) is 12.8 Å². The Balaban J connectivity index is 2.16. The van der Waals surface area contributed by atoms with Gasteiger partial charge in [0.2, 0.25) is 0 Å². The van der Waals surface area contributed by atoms with Crippen molar-refractivity contribution in [2.75, 3.05) is 11.9 Å². The molecule has 0 aromatic carbocycles. The number of hydrogen-bond donors (Lipinski definition) is 2. The van der Waals surface area contributed by atoms with E-state index in [0.717, 1.165) is 6.20 Å². The SMILES string of the molecule is CCOC(=O)c1cn[nH]c1NC=C1C(=O)OC(C)(C)OC1=O. The lowest BCUT2D eigenvalue weighted by Crippen LogP contribution is -2.42. The Bertz CT molecular complexity index is 624. The van der Waals surface area contributed by atoms with Crippen LogP contribution in [0.5, 0.6) is 0 Å². The highest BCUT2D eigenvalue weighted by Crippen LogP contribution is 2.23. The van der Waals surface area contributed by atoms with E-state index in [-0.39, 0.29) is 23.6 Å². The summed E-state index contributed by atoms with van der Waals surface area (Å²) >= 11 is 0. The van der Waals surface area contributed by atoms with Gasteiger partial charge in [0.25, 0.3) is 5.79 Å². The number of rotatable bonds is 4. The van der Waals surface area contributed by atoms with E-state index in [2.05, 4.69) is 15.5 Å². The van der Waals surface area contributed by atoms with E-state index in [9.17, 15) is 14.4 Å². The second-order valence-corrected chi connectivity index (χ2v) is 4.76. The van der Waals surface area contributed by atoms with Gasteiger partial charge in [-0.1, -0.05) is 0 Å². The van der Waals surface area contributed by atoms with Gasteiger partial charge in [-0.2, -0.15) is 5.10 Å². The van der Waals surface area contributed by atoms with E-state index < -0.39 is 23.7 Å². The molecule has 1 aliphatic heterocycles. The molecular formula is C13H15N3O6. The highest BCUT2D eigenvalue weighted by molar-refractivity contribution is 6.15. The van der Waals surface area contributed by atoms with Crippen molar-refractivity contribution >= 4 is 23.7 Å². The van der Waals surface area contributed by atoms with Crippen molar-refractivity contribution in [2.24, 2.45) is 0 Å². The van der Waals surface area contributed by atoms with Gasteiger partial charge < -0.3 is 19.5 Å². The number of H-pyrrole nitrogens is 1. The number of aromatic amines is 1. The van der Waals surface area contributed by atoms with Crippen molar-refractivity contribution in [3.05, 3.63) is 23.5 Å². The monoisotopic (exact) mass is 309 g/mol. The van der Waals surface area contributed by atoms with Crippen LogP contribution in [0.4, 0.5) is 5.82 Å². The van der Waals surface area contributed by atoms with Gasteiger partial charge >= 0.3 is 17.9 Å². The first kappa shape index (κ1) is 15.5. The van der Waals surface area contributed by atoms with Gasteiger partial charge in [0.1, 0.15) is 11.4 Å². The topological polar surface area (TPSA) is 120 Å². The lowest BCUT2D eigenvalue weighted by Gasteiger charge is -2.29. The molecular weight excluding hydrogens is 294 g/mol. The van der Waals surface area contributed by atoms with E-state index in [4.69, 9.17) is 14.2 Å². The average molecular weight is 309 g/mol. The molecule has 9 heteroatoms.